The van der Waals surface area contributed by atoms with E-state index in [0.717, 1.165) is 11.8 Å². The van der Waals surface area contributed by atoms with E-state index < -0.39 is 19.9 Å². The van der Waals surface area contributed by atoms with Gasteiger partial charge in [-0.25, -0.2) is 21.8 Å². The minimum absolute atomic E-state index is 0.0247. The van der Waals surface area contributed by atoms with Crippen molar-refractivity contribution in [1.29, 1.82) is 0 Å². The fourth-order valence-electron chi connectivity index (χ4n) is 4.09. The summed E-state index contributed by atoms with van der Waals surface area (Å²) in [6, 6.07) is 10.7. The normalized spacial score (nSPS) is 16.7. The number of carbonyl (C=O) groups excluding carboxylic acids is 1. The fourth-order valence-corrected chi connectivity index (χ4v) is 6.92. The van der Waals surface area contributed by atoms with E-state index in [1.807, 2.05) is 23.6 Å². The van der Waals surface area contributed by atoms with Crippen LogP contribution in [0.3, 0.4) is 0 Å². The monoisotopic (exact) mass is 549 g/mol. The van der Waals surface area contributed by atoms with Gasteiger partial charge in [0.25, 0.3) is 0 Å². The number of thiazole rings is 1. The van der Waals surface area contributed by atoms with E-state index in [0.29, 0.717) is 35.2 Å². The van der Waals surface area contributed by atoms with Crippen molar-refractivity contribution in [2.24, 2.45) is 5.92 Å². The number of fused-ring (bicyclic) bond motifs is 1. The number of amides is 1. The van der Waals surface area contributed by atoms with Gasteiger partial charge in [-0.1, -0.05) is 0 Å². The van der Waals surface area contributed by atoms with Crippen LogP contribution in [-0.2, 0) is 24.7 Å². The number of hydrogen-bond donors (Lipinski definition) is 1. The zero-order chi connectivity index (χ0) is 25.5. The molecule has 2 aromatic carbocycles. The molecule has 36 heavy (non-hydrogen) atoms. The third kappa shape index (κ3) is 4.96. The average molecular weight is 550 g/mol. The highest BCUT2D eigenvalue weighted by Gasteiger charge is 2.32. The van der Waals surface area contributed by atoms with Crippen molar-refractivity contribution in [2.75, 3.05) is 31.5 Å². The number of sulfone groups is 1. The first-order valence-corrected chi connectivity index (χ1v) is 15.3. The highest BCUT2D eigenvalue weighted by Crippen LogP contribution is 2.36. The van der Waals surface area contributed by atoms with Gasteiger partial charge < -0.3 is 14.8 Å². The maximum Gasteiger partial charge on any atom is 0.243 e. The Morgan fingerprint density at radius 3 is 2.36 bits per heavy atom. The lowest BCUT2D eigenvalue weighted by Crippen LogP contribution is -2.41. The second kappa shape index (κ2) is 9.47. The van der Waals surface area contributed by atoms with Crippen LogP contribution in [0.5, 0.6) is 11.5 Å². The molecule has 0 unspecified atom stereocenters. The average Bonchev–Trinajstić information content (AvgIpc) is 3.52. The second-order valence-corrected chi connectivity index (χ2v) is 13.3. The van der Waals surface area contributed by atoms with Gasteiger partial charge in [0, 0.05) is 36.2 Å². The third-order valence-electron chi connectivity index (χ3n) is 6.12. The number of nitrogens with one attached hydrogen (secondary N) is 1. The van der Waals surface area contributed by atoms with Crippen LogP contribution in [0.25, 0.3) is 11.3 Å². The highest BCUT2D eigenvalue weighted by atomic mass is 32.2. The van der Waals surface area contributed by atoms with Gasteiger partial charge >= 0.3 is 0 Å². The first kappa shape index (κ1) is 24.7. The van der Waals surface area contributed by atoms with E-state index in [2.05, 4.69) is 10.3 Å². The Morgan fingerprint density at radius 1 is 1.00 bits per heavy atom. The molecule has 3 aromatic rings. The van der Waals surface area contributed by atoms with Crippen LogP contribution in [0.4, 0.5) is 5.13 Å². The lowest BCUT2D eigenvalue weighted by Gasteiger charge is -2.30. The lowest BCUT2D eigenvalue weighted by atomic mass is 9.97. The van der Waals surface area contributed by atoms with Crippen LogP contribution in [0, 0.1) is 5.92 Å². The summed E-state index contributed by atoms with van der Waals surface area (Å²) in [4.78, 5) is 17.4. The Balaban J connectivity index is 1.19. The number of anilines is 1. The maximum atomic E-state index is 13.0. The van der Waals surface area contributed by atoms with Gasteiger partial charge in [-0.2, -0.15) is 4.31 Å². The molecule has 3 heterocycles. The Kier molecular flexibility index (Phi) is 6.49. The van der Waals surface area contributed by atoms with Gasteiger partial charge in [-0.3, -0.25) is 4.79 Å². The van der Waals surface area contributed by atoms with Crippen molar-refractivity contribution in [3.63, 3.8) is 0 Å². The molecule has 1 aromatic heterocycles. The predicted octanol–water partition coefficient (Wildman–Crippen LogP) is 2.98. The molecular formula is C23H23N3O7S3. The summed E-state index contributed by atoms with van der Waals surface area (Å²) in [5, 5.41) is 5.16. The van der Waals surface area contributed by atoms with E-state index in [4.69, 9.17) is 9.47 Å². The molecule has 0 spiro atoms. The first-order valence-electron chi connectivity index (χ1n) is 11.1. The zero-order valence-electron chi connectivity index (χ0n) is 19.2. The molecular weight excluding hydrogens is 526 g/mol. The Hall–Kier alpha value is -3.00. The van der Waals surface area contributed by atoms with E-state index >= 15 is 0 Å². The smallest absolute Gasteiger partial charge is 0.243 e. The van der Waals surface area contributed by atoms with Gasteiger partial charge in [-0.15, -0.1) is 11.3 Å². The van der Waals surface area contributed by atoms with Gasteiger partial charge in [0.15, 0.2) is 26.5 Å². The third-order valence-corrected chi connectivity index (χ3v) is 9.92. The molecule has 2 aliphatic heterocycles. The minimum Gasteiger partial charge on any atom is -0.454 e. The molecule has 190 valence electrons. The fraction of sp³-hybridized carbons (Fsp3) is 0.304. The summed E-state index contributed by atoms with van der Waals surface area (Å²) in [6.45, 7) is 0.565. The molecule has 13 heteroatoms. The summed E-state index contributed by atoms with van der Waals surface area (Å²) in [6.07, 6.45) is 1.80. The van der Waals surface area contributed by atoms with Crippen LogP contribution >= 0.6 is 11.3 Å². The summed E-state index contributed by atoms with van der Waals surface area (Å²) >= 11 is 1.31. The van der Waals surface area contributed by atoms with Gasteiger partial charge in [0.1, 0.15) is 0 Å². The molecule has 10 nitrogen and oxygen atoms in total. The number of rotatable bonds is 6. The Labute approximate surface area is 212 Å². The lowest BCUT2D eigenvalue weighted by molar-refractivity contribution is -0.120. The van der Waals surface area contributed by atoms with Gasteiger partial charge in [0.05, 0.1) is 15.5 Å². The van der Waals surface area contributed by atoms with E-state index in [9.17, 15) is 21.6 Å². The first-order chi connectivity index (χ1) is 17.1. The molecule has 1 amide bonds. The molecule has 5 rings (SSSR count). The van der Waals surface area contributed by atoms with Crippen LogP contribution in [0.2, 0.25) is 0 Å². The number of ether oxygens (including phenoxy) is 2. The molecule has 0 saturated carbocycles. The Bertz CT molecular complexity index is 1510. The number of nitrogens with zero attached hydrogens (tertiary/aromatic N) is 2. The molecule has 1 saturated heterocycles. The highest BCUT2D eigenvalue weighted by molar-refractivity contribution is 7.90. The van der Waals surface area contributed by atoms with Crippen molar-refractivity contribution in [3.8, 4) is 22.8 Å². The minimum atomic E-state index is -3.79. The number of sulfonamides is 1. The molecule has 0 radical (unpaired) electrons. The molecule has 2 aliphatic rings. The predicted molar refractivity (Wildman–Crippen MR) is 133 cm³/mol. The van der Waals surface area contributed by atoms with Crippen LogP contribution in [-0.4, -0.2) is 58.2 Å². The summed E-state index contributed by atoms with van der Waals surface area (Å²) in [5.74, 6) is 0.791. The van der Waals surface area contributed by atoms with Crippen molar-refractivity contribution < 1.29 is 31.1 Å². The Morgan fingerprint density at radius 2 is 1.67 bits per heavy atom. The quantitative estimate of drug-likeness (QED) is 0.496. The van der Waals surface area contributed by atoms with Crippen LogP contribution in [0.1, 0.15) is 12.8 Å². The molecule has 1 N–H and O–H groups in total. The number of aromatic nitrogens is 1. The van der Waals surface area contributed by atoms with E-state index in [1.54, 1.807) is 0 Å². The zero-order valence-corrected chi connectivity index (χ0v) is 21.7. The number of hydrogen-bond acceptors (Lipinski definition) is 9. The van der Waals surface area contributed by atoms with Gasteiger partial charge in [-0.05, 0) is 55.3 Å². The number of piperidine rings is 1. The van der Waals surface area contributed by atoms with Crippen molar-refractivity contribution in [3.05, 3.63) is 47.8 Å². The number of benzene rings is 2. The summed E-state index contributed by atoms with van der Waals surface area (Å²) < 4.78 is 61.3. The SMILES string of the molecule is CS(=O)(=O)c1ccc(S(=O)(=O)N2CCC(C(=O)Nc3nc(-c4ccc5c(c4)OCO5)cs3)CC2)cc1. The summed E-state index contributed by atoms with van der Waals surface area (Å²) in [7, 11) is -7.20. The van der Waals surface area contributed by atoms with Crippen molar-refractivity contribution >= 4 is 42.2 Å². The second-order valence-electron chi connectivity index (χ2n) is 8.52. The standard InChI is InChI=1S/C23H23N3O7S3/c1-35(28,29)17-3-5-18(6-4-17)36(30,31)26-10-8-15(9-11-26)22(27)25-23-24-19(13-34-23)16-2-7-20-21(12-16)33-14-32-20/h2-7,12-13,15H,8-11,14H2,1H3,(H,24,25,27). The summed E-state index contributed by atoms with van der Waals surface area (Å²) in [5.41, 5.74) is 1.55. The topological polar surface area (TPSA) is 132 Å². The molecule has 0 aliphatic carbocycles. The van der Waals surface area contributed by atoms with Gasteiger partial charge in [0.2, 0.25) is 22.7 Å². The van der Waals surface area contributed by atoms with E-state index in [-0.39, 0.29) is 41.5 Å². The molecule has 0 bridgehead atoms. The van der Waals surface area contributed by atoms with Crippen molar-refractivity contribution in [1.82, 2.24) is 9.29 Å². The number of carbonyl (C=O) groups is 1. The maximum absolute atomic E-state index is 13.0. The van der Waals surface area contributed by atoms with Crippen molar-refractivity contribution in [2.45, 2.75) is 22.6 Å². The van der Waals surface area contributed by atoms with Crippen LogP contribution in [0.15, 0.2) is 57.6 Å². The molecule has 0 atom stereocenters. The largest absolute Gasteiger partial charge is 0.454 e. The van der Waals surface area contributed by atoms with Crippen LogP contribution < -0.4 is 14.8 Å². The van der Waals surface area contributed by atoms with E-state index in [1.165, 1.54) is 39.9 Å². The molecule has 1 fully saturated rings.